The number of para-hydroxylation sites is 2. The van der Waals surface area contributed by atoms with E-state index in [0.29, 0.717) is 0 Å². The first kappa shape index (κ1) is 15.1. The number of phenolic OH excluding ortho intramolecular Hbond substituents is 1. The van der Waals surface area contributed by atoms with E-state index in [0.717, 1.165) is 11.3 Å². The molecule has 3 N–H and O–H groups in total. The Morgan fingerprint density at radius 2 is 1.86 bits per heavy atom. The van der Waals surface area contributed by atoms with Crippen molar-refractivity contribution in [1.82, 2.24) is 0 Å². The van der Waals surface area contributed by atoms with E-state index in [-0.39, 0.29) is 17.0 Å². The number of anilines is 2. The molecular formula is C17H15N3O2. The Labute approximate surface area is 128 Å². The summed E-state index contributed by atoms with van der Waals surface area (Å²) in [7, 11) is 0. The van der Waals surface area contributed by atoms with Crippen LogP contribution < -0.4 is 10.6 Å². The minimum Gasteiger partial charge on any atom is -0.506 e. The van der Waals surface area contributed by atoms with Crippen LogP contribution in [-0.2, 0) is 4.79 Å². The summed E-state index contributed by atoms with van der Waals surface area (Å²) in [5.74, 6) is -0.650. The zero-order valence-electron chi connectivity index (χ0n) is 12.0. The van der Waals surface area contributed by atoms with Gasteiger partial charge in [0.2, 0.25) is 0 Å². The van der Waals surface area contributed by atoms with Crippen LogP contribution in [-0.4, -0.2) is 11.0 Å². The van der Waals surface area contributed by atoms with E-state index in [1.54, 1.807) is 18.2 Å². The fourth-order valence-electron chi connectivity index (χ4n) is 1.72. The van der Waals surface area contributed by atoms with Crippen LogP contribution in [0.4, 0.5) is 11.4 Å². The molecule has 0 saturated heterocycles. The molecule has 0 aromatic heterocycles. The van der Waals surface area contributed by atoms with Crippen LogP contribution in [0, 0.1) is 18.3 Å². The second-order valence-electron chi connectivity index (χ2n) is 4.65. The smallest absolute Gasteiger partial charge is 0.267 e. The molecule has 0 atom stereocenters. The van der Waals surface area contributed by atoms with Gasteiger partial charge in [0, 0.05) is 11.9 Å². The van der Waals surface area contributed by atoms with E-state index in [1.807, 2.05) is 37.3 Å². The van der Waals surface area contributed by atoms with Gasteiger partial charge in [-0.25, -0.2) is 0 Å². The minimum absolute atomic E-state index is 0.0559. The van der Waals surface area contributed by atoms with Gasteiger partial charge in [-0.2, -0.15) is 5.26 Å². The summed E-state index contributed by atoms with van der Waals surface area (Å²) in [6.45, 7) is 1.97. The van der Waals surface area contributed by atoms with Gasteiger partial charge in [0.1, 0.15) is 17.4 Å². The van der Waals surface area contributed by atoms with Crippen LogP contribution in [0.5, 0.6) is 5.75 Å². The number of hydrogen-bond acceptors (Lipinski definition) is 4. The Morgan fingerprint density at radius 1 is 1.18 bits per heavy atom. The van der Waals surface area contributed by atoms with Gasteiger partial charge in [0.15, 0.2) is 0 Å². The summed E-state index contributed by atoms with van der Waals surface area (Å²) in [5, 5.41) is 24.1. The van der Waals surface area contributed by atoms with Crippen molar-refractivity contribution in [3.8, 4) is 11.8 Å². The number of hydrogen-bond donors (Lipinski definition) is 3. The van der Waals surface area contributed by atoms with Crippen LogP contribution in [0.2, 0.25) is 0 Å². The van der Waals surface area contributed by atoms with Crippen molar-refractivity contribution >= 4 is 17.3 Å². The van der Waals surface area contributed by atoms with Crippen molar-refractivity contribution in [3.05, 3.63) is 65.9 Å². The Hall–Kier alpha value is -3.26. The fourth-order valence-corrected chi connectivity index (χ4v) is 1.72. The Balaban J connectivity index is 2.09. The maximum atomic E-state index is 12.0. The number of carbonyl (C=O) groups excluding carboxylic acids is 1. The highest BCUT2D eigenvalue weighted by Crippen LogP contribution is 2.22. The number of carbonyl (C=O) groups is 1. The first-order chi connectivity index (χ1) is 10.6. The molecule has 0 spiro atoms. The van der Waals surface area contributed by atoms with Crippen molar-refractivity contribution < 1.29 is 9.90 Å². The van der Waals surface area contributed by atoms with Gasteiger partial charge in [-0.15, -0.1) is 0 Å². The molecule has 5 heteroatoms. The van der Waals surface area contributed by atoms with E-state index in [1.165, 1.54) is 12.3 Å². The molecule has 22 heavy (non-hydrogen) atoms. The predicted octanol–water partition coefficient (Wildman–Crippen LogP) is 3.16. The summed E-state index contributed by atoms with van der Waals surface area (Å²) in [6, 6.07) is 15.7. The van der Waals surface area contributed by atoms with Gasteiger partial charge < -0.3 is 15.7 Å². The highest BCUT2D eigenvalue weighted by Gasteiger charge is 2.11. The van der Waals surface area contributed by atoms with E-state index in [2.05, 4.69) is 10.6 Å². The van der Waals surface area contributed by atoms with Gasteiger partial charge in [-0.05, 0) is 31.2 Å². The molecule has 2 aromatic rings. The lowest BCUT2D eigenvalue weighted by atomic mass is 10.2. The highest BCUT2D eigenvalue weighted by molar-refractivity contribution is 6.07. The molecule has 0 bridgehead atoms. The SMILES string of the molecule is Cc1ccc(N/C=C(/C#N)C(=O)Nc2ccccc2O)cc1. The number of benzene rings is 2. The number of aryl methyl sites for hydroxylation is 1. The van der Waals surface area contributed by atoms with E-state index in [9.17, 15) is 9.90 Å². The Kier molecular flexibility index (Phi) is 4.78. The Morgan fingerprint density at radius 3 is 2.50 bits per heavy atom. The zero-order valence-corrected chi connectivity index (χ0v) is 12.0. The number of nitrogens with one attached hydrogen (secondary N) is 2. The highest BCUT2D eigenvalue weighted by atomic mass is 16.3. The predicted molar refractivity (Wildman–Crippen MR) is 85.2 cm³/mol. The van der Waals surface area contributed by atoms with Gasteiger partial charge in [0.25, 0.3) is 5.91 Å². The molecule has 1 amide bonds. The molecule has 0 heterocycles. The molecule has 110 valence electrons. The lowest BCUT2D eigenvalue weighted by Crippen LogP contribution is -2.14. The molecule has 0 saturated carbocycles. The summed E-state index contributed by atoms with van der Waals surface area (Å²) in [6.07, 6.45) is 1.33. The molecule has 0 aliphatic rings. The van der Waals surface area contributed by atoms with Crippen LogP contribution in [0.3, 0.4) is 0 Å². The molecule has 0 radical (unpaired) electrons. The third-order valence-electron chi connectivity index (χ3n) is 2.95. The summed E-state index contributed by atoms with van der Waals surface area (Å²) in [4.78, 5) is 12.0. The average molecular weight is 293 g/mol. The van der Waals surface area contributed by atoms with E-state index < -0.39 is 5.91 Å². The number of nitriles is 1. The summed E-state index contributed by atoms with van der Waals surface area (Å²) >= 11 is 0. The molecule has 0 fully saturated rings. The number of aromatic hydroxyl groups is 1. The summed E-state index contributed by atoms with van der Waals surface area (Å²) in [5.41, 5.74) is 2.05. The first-order valence-corrected chi connectivity index (χ1v) is 6.63. The first-order valence-electron chi connectivity index (χ1n) is 6.63. The van der Waals surface area contributed by atoms with Gasteiger partial charge in [-0.3, -0.25) is 4.79 Å². The number of nitrogens with zero attached hydrogens (tertiary/aromatic N) is 1. The second-order valence-corrected chi connectivity index (χ2v) is 4.65. The topological polar surface area (TPSA) is 85.2 Å². The van der Waals surface area contributed by atoms with E-state index >= 15 is 0 Å². The fraction of sp³-hybridized carbons (Fsp3) is 0.0588. The molecule has 0 aliphatic heterocycles. The lowest BCUT2D eigenvalue weighted by Gasteiger charge is -2.06. The normalized spacial score (nSPS) is 10.6. The van der Waals surface area contributed by atoms with Gasteiger partial charge in [0.05, 0.1) is 5.69 Å². The average Bonchev–Trinajstić information content (AvgIpc) is 2.52. The van der Waals surface area contributed by atoms with Crippen molar-refractivity contribution in [1.29, 1.82) is 5.26 Å². The monoisotopic (exact) mass is 293 g/mol. The van der Waals surface area contributed by atoms with Crippen molar-refractivity contribution in [2.45, 2.75) is 6.92 Å². The number of amides is 1. The van der Waals surface area contributed by atoms with Crippen LogP contribution in [0.15, 0.2) is 60.3 Å². The third kappa shape index (κ3) is 3.87. The molecule has 5 nitrogen and oxygen atoms in total. The quantitative estimate of drug-likeness (QED) is 0.459. The second kappa shape index (κ2) is 6.95. The zero-order chi connectivity index (χ0) is 15.9. The minimum atomic E-state index is -0.594. The summed E-state index contributed by atoms with van der Waals surface area (Å²) < 4.78 is 0. The van der Waals surface area contributed by atoms with Crippen LogP contribution in [0.1, 0.15) is 5.56 Å². The number of rotatable bonds is 4. The van der Waals surface area contributed by atoms with Crippen molar-refractivity contribution in [3.63, 3.8) is 0 Å². The maximum Gasteiger partial charge on any atom is 0.267 e. The Bertz CT molecular complexity index is 743. The van der Waals surface area contributed by atoms with E-state index in [4.69, 9.17) is 5.26 Å². The largest absolute Gasteiger partial charge is 0.506 e. The van der Waals surface area contributed by atoms with Crippen molar-refractivity contribution in [2.75, 3.05) is 10.6 Å². The van der Waals surface area contributed by atoms with Crippen molar-refractivity contribution in [2.24, 2.45) is 0 Å². The molecule has 0 aliphatic carbocycles. The molecule has 2 rings (SSSR count). The lowest BCUT2D eigenvalue weighted by molar-refractivity contribution is -0.112. The number of phenols is 1. The van der Waals surface area contributed by atoms with Crippen LogP contribution in [0.25, 0.3) is 0 Å². The molecule has 2 aromatic carbocycles. The van der Waals surface area contributed by atoms with Gasteiger partial charge >= 0.3 is 0 Å². The van der Waals surface area contributed by atoms with Gasteiger partial charge in [-0.1, -0.05) is 29.8 Å². The standard InChI is InChI=1S/C17H15N3O2/c1-12-6-8-14(9-7-12)19-11-13(10-18)17(22)20-15-4-2-3-5-16(15)21/h2-9,11,19,21H,1H3,(H,20,22)/b13-11-. The van der Waals surface area contributed by atoms with Crippen LogP contribution >= 0.6 is 0 Å². The maximum absolute atomic E-state index is 12.0. The third-order valence-corrected chi connectivity index (χ3v) is 2.95. The molecular weight excluding hydrogens is 278 g/mol. The molecule has 0 unspecified atom stereocenters.